The summed E-state index contributed by atoms with van der Waals surface area (Å²) < 4.78 is 1.02. The fraction of sp³-hybridized carbons (Fsp3) is 0.286. The van der Waals surface area contributed by atoms with E-state index in [0.717, 1.165) is 37.0 Å². The highest BCUT2D eigenvalue weighted by Gasteiger charge is 2.21. The van der Waals surface area contributed by atoms with E-state index in [-0.39, 0.29) is 18.0 Å². The molecule has 0 radical (unpaired) electrons. The third-order valence-corrected chi connectivity index (χ3v) is 5.00. The van der Waals surface area contributed by atoms with Gasteiger partial charge in [-0.2, -0.15) is 0 Å². The number of fused-ring (bicyclic) bond motifs is 1. The summed E-state index contributed by atoms with van der Waals surface area (Å²) >= 11 is 0. The molecule has 0 atom stereocenters. The van der Waals surface area contributed by atoms with Crippen molar-refractivity contribution < 1.29 is 9.59 Å². The number of anilines is 1. The quantitative estimate of drug-likeness (QED) is 0.734. The molecule has 0 saturated carbocycles. The Kier molecular flexibility index (Phi) is 5.33. The molecule has 2 amide bonds. The highest BCUT2D eigenvalue weighted by Crippen LogP contribution is 2.20. The van der Waals surface area contributed by atoms with Crippen molar-refractivity contribution in [2.24, 2.45) is 0 Å². The van der Waals surface area contributed by atoms with E-state index in [4.69, 9.17) is 0 Å². The van der Waals surface area contributed by atoms with Crippen LogP contribution in [0, 0.1) is 0 Å². The van der Waals surface area contributed by atoms with E-state index in [9.17, 15) is 14.4 Å². The number of benzene rings is 2. The smallest absolute Gasteiger partial charge is 0.278 e. The maximum atomic E-state index is 12.9. The Hall–Kier alpha value is -3.55. The molecule has 3 aromatic rings. The molecule has 0 bridgehead atoms. The van der Waals surface area contributed by atoms with Crippen molar-refractivity contribution in [2.75, 3.05) is 18.4 Å². The lowest BCUT2D eigenvalue weighted by molar-refractivity contribution is -0.117. The fourth-order valence-corrected chi connectivity index (χ4v) is 3.50. The van der Waals surface area contributed by atoms with E-state index in [1.807, 2.05) is 4.90 Å². The van der Waals surface area contributed by atoms with Gasteiger partial charge < -0.3 is 10.2 Å². The lowest BCUT2D eigenvalue weighted by Crippen LogP contribution is -2.36. The molecule has 1 saturated heterocycles. The zero-order valence-electron chi connectivity index (χ0n) is 15.9. The molecule has 1 fully saturated rings. The molecule has 0 aliphatic carbocycles. The summed E-state index contributed by atoms with van der Waals surface area (Å²) in [7, 11) is 0. The minimum atomic E-state index is -0.449. The first-order valence-corrected chi connectivity index (χ1v) is 9.64. The van der Waals surface area contributed by atoms with Crippen LogP contribution in [0.4, 0.5) is 5.69 Å². The first-order valence-electron chi connectivity index (χ1n) is 9.64. The molecule has 1 aliphatic heterocycles. The van der Waals surface area contributed by atoms with E-state index in [2.05, 4.69) is 15.6 Å². The Morgan fingerprint density at radius 3 is 2.52 bits per heavy atom. The van der Waals surface area contributed by atoms with Gasteiger partial charge in [0.05, 0.1) is 16.6 Å². The van der Waals surface area contributed by atoms with Crippen molar-refractivity contribution in [3.05, 3.63) is 64.4 Å². The standard InChI is InChI=1S/C21H21N5O3/c27-19(14-26-21(29)16-9-3-5-11-18(16)23-24-26)22-17-10-4-2-8-15(17)20(28)25-12-6-1-7-13-25/h2-5,8-11H,1,6-7,12-14H2,(H,22,27). The molecule has 0 spiro atoms. The van der Waals surface area contributed by atoms with Gasteiger partial charge in [0.15, 0.2) is 0 Å². The second-order valence-electron chi connectivity index (χ2n) is 7.02. The number of hydrogen-bond acceptors (Lipinski definition) is 5. The van der Waals surface area contributed by atoms with Crippen LogP contribution >= 0.6 is 0 Å². The van der Waals surface area contributed by atoms with E-state index in [1.165, 1.54) is 0 Å². The Balaban J connectivity index is 1.53. The summed E-state index contributed by atoms with van der Waals surface area (Å²) in [5.74, 6) is -0.543. The molecule has 1 N–H and O–H groups in total. The average molecular weight is 391 g/mol. The van der Waals surface area contributed by atoms with Gasteiger partial charge in [0.1, 0.15) is 12.1 Å². The van der Waals surface area contributed by atoms with Crippen LogP contribution in [0.1, 0.15) is 29.6 Å². The van der Waals surface area contributed by atoms with Crippen molar-refractivity contribution >= 4 is 28.4 Å². The van der Waals surface area contributed by atoms with Crippen molar-refractivity contribution in [3.63, 3.8) is 0 Å². The van der Waals surface area contributed by atoms with Gasteiger partial charge in [-0.15, -0.1) is 5.10 Å². The van der Waals surface area contributed by atoms with Gasteiger partial charge in [0.2, 0.25) is 5.91 Å². The number of nitrogens with one attached hydrogen (secondary N) is 1. The largest absolute Gasteiger partial charge is 0.339 e. The normalized spacial score (nSPS) is 14.0. The summed E-state index contributed by atoms with van der Waals surface area (Å²) in [4.78, 5) is 39.7. The topological polar surface area (TPSA) is 97.2 Å². The second-order valence-corrected chi connectivity index (χ2v) is 7.02. The number of carbonyl (C=O) groups is 2. The Bertz CT molecular complexity index is 1120. The highest BCUT2D eigenvalue weighted by atomic mass is 16.2. The van der Waals surface area contributed by atoms with E-state index >= 15 is 0 Å². The lowest BCUT2D eigenvalue weighted by Gasteiger charge is -2.27. The minimum absolute atomic E-state index is 0.0942. The summed E-state index contributed by atoms with van der Waals surface area (Å²) in [6.07, 6.45) is 3.11. The third-order valence-electron chi connectivity index (χ3n) is 5.00. The second kappa shape index (κ2) is 8.22. The summed E-state index contributed by atoms with van der Waals surface area (Å²) in [5.41, 5.74) is 0.963. The minimum Gasteiger partial charge on any atom is -0.339 e. The molecule has 8 nitrogen and oxygen atoms in total. The molecule has 1 aliphatic rings. The van der Waals surface area contributed by atoms with Gasteiger partial charge in [-0.25, -0.2) is 4.68 Å². The zero-order valence-corrected chi connectivity index (χ0v) is 15.9. The van der Waals surface area contributed by atoms with Crippen LogP contribution in [0.2, 0.25) is 0 Å². The maximum Gasteiger partial charge on any atom is 0.278 e. The van der Waals surface area contributed by atoms with Crippen LogP contribution in [0.5, 0.6) is 0 Å². The van der Waals surface area contributed by atoms with Crippen molar-refractivity contribution in [1.29, 1.82) is 0 Å². The number of para-hydroxylation sites is 1. The number of carbonyl (C=O) groups excluding carboxylic acids is 2. The van der Waals surface area contributed by atoms with Crippen LogP contribution in [0.15, 0.2) is 53.3 Å². The molecular formula is C21H21N5O3. The number of hydrogen-bond donors (Lipinski definition) is 1. The van der Waals surface area contributed by atoms with E-state index in [1.54, 1.807) is 48.5 Å². The van der Waals surface area contributed by atoms with Crippen LogP contribution in [0.3, 0.4) is 0 Å². The maximum absolute atomic E-state index is 12.9. The SMILES string of the molecule is O=C(Cn1nnc2ccccc2c1=O)Nc1ccccc1C(=O)N1CCCCC1. The van der Waals surface area contributed by atoms with Gasteiger partial charge in [-0.3, -0.25) is 14.4 Å². The number of piperidine rings is 1. The number of amides is 2. The average Bonchev–Trinajstić information content (AvgIpc) is 2.76. The van der Waals surface area contributed by atoms with Crippen LogP contribution in [-0.2, 0) is 11.3 Å². The Morgan fingerprint density at radius 2 is 1.69 bits per heavy atom. The van der Waals surface area contributed by atoms with Gasteiger partial charge in [-0.1, -0.05) is 29.5 Å². The third kappa shape index (κ3) is 4.01. The number of aromatic nitrogens is 3. The van der Waals surface area contributed by atoms with Gasteiger partial charge in [0.25, 0.3) is 11.5 Å². The molecule has 29 heavy (non-hydrogen) atoms. The van der Waals surface area contributed by atoms with Crippen LogP contribution in [-0.4, -0.2) is 44.8 Å². The molecular weight excluding hydrogens is 370 g/mol. The van der Waals surface area contributed by atoms with Crippen molar-refractivity contribution in [3.8, 4) is 0 Å². The number of rotatable bonds is 4. The first-order chi connectivity index (χ1) is 14.1. The van der Waals surface area contributed by atoms with E-state index < -0.39 is 5.91 Å². The van der Waals surface area contributed by atoms with Gasteiger partial charge in [0, 0.05) is 13.1 Å². The number of likely N-dealkylation sites (tertiary alicyclic amines) is 1. The van der Waals surface area contributed by atoms with Gasteiger partial charge >= 0.3 is 0 Å². The summed E-state index contributed by atoms with van der Waals surface area (Å²) in [5, 5.41) is 11.0. The highest BCUT2D eigenvalue weighted by molar-refractivity contribution is 6.03. The first kappa shape index (κ1) is 18.8. The lowest BCUT2D eigenvalue weighted by atomic mass is 10.1. The predicted octanol–water partition coefficient (Wildman–Crippen LogP) is 2.06. The predicted molar refractivity (Wildman–Crippen MR) is 109 cm³/mol. The monoisotopic (exact) mass is 391 g/mol. The van der Waals surface area contributed by atoms with Crippen molar-refractivity contribution in [2.45, 2.75) is 25.8 Å². The molecule has 2 aromatic carbocycles. The molecule has 148 valence electrons. The fourth-order valence-electron chi connectivity index (χ4n) is 3.50. The molecule has 1 aromatic heterocycles. The van der Waals surface area contributed by atoms with Crippen LogP contribution < -0.4 is 10.9 Å². The zero-order chi connectivity index (χ0) is 20.2. The molecule has 0 unspecified atom stereocenters. The van der Waals surface area contributed by atoms with E-state index in [0.29, 0.717) is 22.2 Å². The van der Waals surface area contributed by atoms with Crippen molar-refractivity contribution in [1.82, 2.24) is 19.9 Å². The summed E-state index contributed by atoms with van der Waals surface area (Å²) in [6, 6.07) is 13.8. The Labute approximate surface area is 167 Å². The summed E-state index contributed by atoms with van der Waals surface area (Å²) in [6.45, 7) is 1.16. The number of nitrogens with zero attached hydrogens (tertiary/aromatic N) is 4. The van der Waals surface area contributed by atoms with Crippen LogP contribution in [0.25, 0.3) is 10.9 Å². The molecule has 8 heteroatoms. The Morgan fingerprint density at radius 1 is 0.966 bits per heavy atom. The molecule has 4 rings (SSSR count). The molecule has 2 heterocycles. The van der Waals surface area contributed by atoms with Gasteiger partial charge in [-0.05, 0) is 43.5 Å².